The minimum absolute atomic E-state index is 0.0830. The molecule has 0 bridgehead atoms. The van der Waals surface area contributed by atoms with Gasteiger partial charge in [0.05, 0.1) is 10.6 Å². The summed E-state index contributed by atoms with van der Waals surface area (Å²) >= 11 is 0. The van der Waals surface area contributed by atoms with Gasteiger partial charge in [0.25, 0.3) is 0 Å². The Morgan fingerprint density at radius 2 is 1.67 bits per heavy atom. The highest BCUT2D eigenvalue weighted by molar-refractivity contribution is 7.91. The molecular formula is C36H51N2O3S+. The number of unbranched alkanes of at least 4 members (excludes halogenated alkanes) is 1. The Balaban J connectivity index is 1.82. The number of hydrogen-bond donors (Lipinski definition) is 0. The van der Waals surface area contributed by atoms with Gasteiger partial charge in [-0.3, -0.25) is 0 Å². The molecule has 0 saturated carbocycles. The van der Waals surface area contributed by atoms with Crippen molar-refractivity contribution in [3.63, 3.8) is 0 Å². The maximum absolute atomic E-state index is 14.0. The Kier molecular flexibility index (Phi) is 11.1. The Hall–Kier alpha value is -2.86. The lowest BCUT2D eigenvalue weighted by Gasteiger charge is -2.36. The topological polar surface area (TPSA) is 49.6 Å². The third-order valence-corrected chi connectivity index (χ3v) is 11.0. The van der Waals surface area contributed by atoms with Crippen molar-refractivity contribution in [2.75, 3.05) is 36.8 Å². The number of benzene rings is 2. The molecule has 6 heteroatoms. The van der Waals surface area contributed by atoms with E-state index in [1.54, 1.807) is 0 Å². The zero-order valence-electron chi connectivity index (χ0n) is 26.6. The molecule has 3 unspecified atom stereocenters. The number of nitrogens with zero attached hydrogens (tertiary/aromatic N) is 2. The van der Waals surface area contributed by atoms with Gasteiger partial charge in [0, 0.05) is 54.4 Å². The van der Waals surface area contributed by atoms with Gasteiger partial charge in [-0.2, -0.15) is 0 Å². The quantitative estimate of drug-likeness (QED) is 0.209. The molecule has 1 heterocycles. The molecule has 4 rings (SSSR count). The number of hydrogen-bond acceptors (Lipinski definition) is 4. The molecule has 2 aliphatic rings. The molecule has 5 nitrogen and oxygen atoms in total. The second-order valence-corrected chi connectivity index (χ2v) is 13.6. The van der Waals surface area contributed by atoms with E-state index in [1.165, 1.54) is 0 Å². The number of anilines is 1. The van der Waals surface area contributed by atoms with E-state index in [0.29, 0.717) is 17.2 Å². The molecule has 2 aromatic carbocycles. The average molecular weight is 592 g/mol. The lowest BCUT2D eigenvalue weighted by Crippen LogP contribution is -2.30. The summed E-state index contributed by atoms with van der Waals surface area (Å²) in [4.78, 5) is 2.78. The van der Waals surface area contributed by atoms with Crippen LogP contribution in [0.25, 0.3) is 0 Å². The fourth-order valence-corrected chi connectivity index (χ4v) is 8.28. The number of rotatable bonds is 14. The van der Waals surface area contributed by atoms with Crippen LogP contribution in [-0.4, -0.2) is 50.6 Å². The summed E-state index contributed by atoms with van der Waals surface area (Å²) in [6, 6.07) is 14.1. The average Bonchev–Trinajstić information content (AvgIpc) is 3.01. The van der Waals surface area contributed by atoms with Crippen molar-refractivity contribution >= 4 is 21.2 Å². The van der Waals surface area contributed by atoms with Crippen molar-refractivity contribution in [1.82, 2.24) is 0 Å². The Morgan fingerprint density at radius 1 is 0.929 bits per heavy atom. The van der Waals surface area contributed by atoms with Gasteiger partial charge in [-0.1, -0.05) is 69.9 Å². The first-order chi connectivity index (χ1) is 20.3. The molecule has 2 aromatic rings. The van der Waals surface area contributed by atoms with Crippen LogP contribution in [-0.2, 0) is 9.84 Å². The van der Waals surface area contributed by atoms with Crippen molar-refractivity contribution in [1.29, 1.82) is 0 Å². The van der Waals surface area contributed by atoms with E-state index in [9.17, 15) is 8.42 Å². The molecule has 1 aliphatic carbocycles. The monoisotopic (exact) mass is 591 g/mol. The molecule has 3 atom stereocenters. The second-order valence-electron chi connectivity index (χ2n) is 11.6. The van der Waals surface area contributed by atoms with Crippen LogP contribution >= 0.6 is 0 Å². The summed E-state index contributed by atoms with van der Waals surface area (Å²) in [5.74, 6) is 2.09. The van der Waals surface area contributed by atoms with Gasteiger partial charge in [0.15, 0.2) is 9.84 Å². The van der Waals surface area contributed by atoms with Crippen LogP contribution in [0.3, 0.4) is 0 Å². The molecule has 0 saturated heterocycles. The first-order valence-corrected chi connectivity index (χ1v) is 17.9. The van der Waals surface area contributed by atoms with Gasteiger partial charge >= 0.3 is 0 Å². The second kappa shape index (κ2) is 14.5. The number of allylic oxidation sites excluding steroid dienone is 3. The van der Waals surface area contributed by atoms with E-state index in [-0.39, 0.29) is 17.6 Å². The van der Waals surface area contributed by atoms with Gasteiger partial charge in [-0.15, -0.1) is 0 Å². The third-order valence-electron chi connectivity index (χ3n) is 9.20. The van der Waals surface area contributed by atoms with Crippen LogP contribution in [0.5, 0.6) is 5.75 Å². The molecule has 0 spiro atoms. The maximum Gasteiger partial charge on any atom is 0.202 e. The first kappa shape index (κ1) is 32.1. The molecule has 0 radical (unpaired) electrons. The fraction of sp³-hybridized carbons (Fsp3) is 0.528. The Bertz CT molecular complexity index is 1410. The van der Waals surface area contributed by atoms with Crippen LogP contribution < -0.4 is 9.64 Å². The molecular weight excluding hydrogens is 540 g/mol. The summed E-state index contributed by atoms with van der Waals surface area (Å²) in [7, 11) is -3.48. The Labute approximate surface area is 254 Å². The highest BCUT2D eigenvalue weighted by Gasteiger charge is 2.39. The maximum atomic E-state index is 14.0. The zero-order valence-corrected chi connectivity index (χ0v) is 27.4. The van der Waals surface area contributed by atoms with Gasteiger partial charge in [-0.05, 0) is 57.7 Å². The van der Waals surface area contributed by atoms with Gasteiger partial charge < -0.3 is 9.64 Å². The summed E-state index contributed by atoms with van der Waals surface area (Å²) in [6.07, 6.45) is 11.7. The first-order valence-electron chi connectivity index (χ1n) is 16.2. The smallest absolute Gasteiger partial charge is 0.202 e. The summed E-state index contributed by atoms with van der Waals surface area (Å²) in [6.45, 7) is 16.7. The van der Waals surface area contributed by atoms with Crippen LogP contribution in [0.2, 0.25) is 0 Å². The van der Waals surface area contributed by atoms with E-state index >= 15 is 0 Å². The van der Waals surface area contributed by atoms with Crippen LogP contribution in [0.4, 0.5) is 5.69 Å². The van der Waals surface area contributed by atoms with Crippen molar-refractivity contribution in [2.45, 2.75) is 84.5 Å². The van der Waals surface area contributed by atoms with Crippen LogP contribution in [0.15, 0.2) is 71.3 Å². The number of sulfone groups is 1. The SMILES string of the molecule is CCCCC(CC)CCS(=O)(=O)c1ccccc1C1c2ccc(N(CC)CC)cc2OC2=CC(=[N+](CC)CC)C=CC21. The van der Waals surface area contributed by atoms with Gasteiger partial charge in [0.1, 0.15) is 24.6 Å². The molecule has 42 heavy (non-hydrogen) atoms. The summed E-state index contributed by atoms with van der Waals surface area (Å²) < 4.78 is 37.0. The van der Waals surface area contributed by atoms with Gasteiger partial charge in [0.2, 0.25) is 5.71 Å². The summed E-state index contributed by atoms with van der Waals surface area (Å²) in [5.41, 5.74) is 4.16. The van der Waals surface area contributed by atoms with Crippen LogP contribution in [0, 0.1) is 11.8 Å². The van der Waals surface area contributed by atoms with Crippen molar-refractivity contribution in [3.05, 3.63) is 77.6 Å². The summed E-state index contributed by atoms with van der Waals surface area (Å²) in [5, 5.41) is 0. The zero-order chi connectivity index (χ0) is 30.3. The minimum Gasteiger partial charge on any atom is -0.460 e. The molecule has 0 N–H and O–H groups in total. The van der Waals surface area contributed by atoms with E-state index in [1.807, 2.05) is 24.3 Å². The minimum atomic E-state index is -3.48. The highest BCUT2D eigenvalue weighted by atomic mass is 32.2. The van der Waals surface area contributed by atoms with E-state index in [0.717, 1.165) is 85.9 Å². The molecule has 0 fully saturated rings. The third kappa shape index (κ3) is 6.85. The molecule has 0 amide bonds. The lowest BCUT2D eigenvalue weighted by molar-refractivity contribution is -0.519. The number of ether oxygens (including phenoxy) is 1. The van der Waals surface area contributed by atoms with E-state index in [2.05, 4.69) is 87.4 Å². The predicted octanol–water partition coefficient (Wildman–Crippen LogP) is 8.00. The standard InChI is InChI=1S/C36H51N2O3S/c1-7-13-16-27(8-2)23-24-42(39,40)35-18-15-14-17-32(35)36-30-21-19-28(37(9-3)10-4)25-33(30)41-34-26-29(20-22-31(34)36)38(11-5)12-6/h14-15,17-22,25-27,30,36H,7-13,16,23-24H2,1-6H3/q+1. The highest BCUT2D eigenvalue weighted by Crippen LogP contribution is 2.49. The molecule has 0 aromatic heterocycles. The molecule has 1 aliphatic heterocycles. The van der Waals surface area contributed by atoms with Gasteiger partial charge in [-0.25, -0.2) is 13.0 Å². The van der Waals surface area contributed by atoms with E-state index in [4.69, 9.17) is 4.74 Å². The van der Waals surface area contributed by atoms with Crippen molar-refractivity contribution < 1.29 is 17.7 Å². The van der Waals surface area contributed by atoms with Crippen molar-refractivity contribution in [2.24, 2.45) is 11.8 Å². The Morgan fingerprint density at radius 3 is 2.33 bits per heavy atom. The van der Waals surface area contributed by atoms with Crippen LogP contribution in [0.1, 0.15) is 90.7 Å². The van der Waals surface area contributed by atoms with Crippen molar-refractivity contribution in [3.8, 4) is 5.75 Å². The largest absolute Gasteiger partial charge is 0.460 e. The number of fused-ring (bicyclic) bond motifs is 2. The normalized spacial score (nSPS) is 18.5. The fourth-order valence-electron chi connectivity index (χ4n) is 6.58. The molecule has 228 valence electrons. The van der Waals surface area contributed by atoms with E-state index < -0.39 is 9.84 Å². The lowest BCUT2D eigenvalue weighted by atomic mass is 9.75. The predicted molar refractivity (Wildman–Crippen MR) is 176 cm³/mol.